The number of urea groups is 1. The van der Waals surface area contributed by atoms with E-state index in [2.05, 4.69) is 25.9 Å². The van der Waals surface area contributed by atoms with E-state index in [0.29, 0.717) is 16.9 Å². The molecule has 3 aromatic rings. The topological polar surface area (TPSA) is 216 Å². The summed E-state index contributed by atoms with van der Waals surface area (Å²) >= 11 is 0. The number of anilines is 1. The van der Waals surface area contributed by atoms with Crippen LogP contribution in [0.2, 0.25) is 0 Å². The fraction of sp³-hybridized carbons (Fsp3) is 0.350. The molecule has 1 saturated heterocycles. The monoisotopic (exact) mass is 520 g/mol. The maximum Gasteiger partial charge on any atom is 0.330 e. The van der Waals surface area contributed by atoms with E-state index in [1.807, 2.05) is 0 Å². The number of carbonyl (C=O) groups excluding carboxylic acids is 1. The summed E-state index contributed by atoms with van der Waals surface area (Å²) in [5, 5.41) is 28.1. The summed E-state index contributed by atoms with van der Waals surface area (Å²) in [6.07, 6.45) is 1.86. The molecule has 6 N–H and O–H groups in total. The number of ether oxygens (including phenoxy) is 1. The van der Waals surface area contributed by atoms with Gasteiger partial charge in [-0.05, 0) is 31.2 Å². The Hall–Kier alpha value is -3.86. The highest BCUT2D eigenvalue weighted by atomic mass is 32.2. The van der Waals surface area contributed by atoms with Crippen molar-refractivity contribution >= 4 is 21.7 Å². The van der Waals surface area contributed by atoms with Crippen molar-refractivity contribution in [1.82, 2.24) is 29.9 Å². The third kappa shape index (κ3) is 5.51. The summed E-state index contributed by atoms with van der Waals surface area (Å²) in [5.74, 6) is 0. The zero-order valence-corrected chi connectivity index (χ0v) is 19.8. The number of nitrogens with zero attached hydrogens (tertiary/aromatic N) is 4. The van der Waals surface area contributed by atoms with Gasteiger partial charge in [-0.2, -0.15) is 0 Å². The van der Waals surface area contributed by atoms with Gasteiger partial charge in [-0.1, -0.05) is 5.21 Å². The van der Waals surface area contributed by atoms with Crippen LogP contribution in [0, 0.1) is 6.92 Å². The van der Waals surface area contributed by atoms with Crippen LogP contribution in [0.1, 0.15) is 29.9 Å². The molecule has 2 amide bonds. The van der Waals surface area contributed by atoms with Crippen LogP contribution in [-0.2, 0) is 21.3 Å². The fourth-order valence-electron chi connectivity index (χ4n) is 3.76. The molecule has 0 saturated carbocycles. The number of amides is 2. The molecule has 0 spiro atoms. The number of hydrogen-bond donors (Lipinski definition) is 5. The summed E-state index contributed by atoms with van der Waals surface area (Å²) in [6.45, 7) is 1.26. The van der Waals surface area contributed by atoms with Gasteiger partial charge in [-0.15, -0.1) is 5.10 Å². The van der Waals surface area contributed by atoms with E-state index < -0.39 is 45.7 Å². The second kappa shape index (κ2) is 10.0. The molecular weight excluding hydrogens is 496 g/mol. The van der Waals surface area contributed by atoms with E-state index in [-0.39, 0.29) is 24.5 Å². The first-order valence-electron chi connectivity index (χ1n) is 10.7. The van der Waals surface area contributed by atoms with Crippen molar-refractivity contribution in [2.75, 3.05) is 11.9 Å². The number of aliphatic hydroxyl groups excluding tert-OH is 1. The molecule has 0 radical (unpaired) electrons. The molecule has 0 aliphatic carbocycles. The molecule has 0 bridgehead atoms. The van der Waals surface area contributed by atoms with Crippen molar-refractivity contribution in [3.05, 3.63) is 68.8 Å². The lowest BCUT2D eigenvalue weighted by atomic mass is 10.1. The van der Waals surface area contributed by atoms with Crippen LogP contribution < -0.4 is 27.0 Å². The predicted molar refractivity (Wildman–Crippen MR) is 124 cm³/mol. The van der Waals surface area contributed by atoms with E-state index in [4.69, 9.17) is 9.88 Å². The van der Waals surface area contributed by atoms with Gasteiger partial charge in [-0.3, -0.25) is 14.3 Å². The van der Waals surface area contributed by atoms with Gasteiger partial charge in [0.1, 0.15) is 18.0 Å². The average molecular weight is 521 g/mol. The lowest BCUT2D eigenvalue weighted by Crippen LogP contribution is -2.33. The zero-order valence-electron chi connectivity index (χ0n) is 19.0. The van der Waals surface area contributed by atoms with Crippen molar-refractivity contribution in [3.63, 3.8) is 0 Å². The van der Waals surface area contributed by atoms with Crippen molar-refractivity contribution in [1.29, 1.82) is 0 Å². The predicted octanol–water partition coefficient (Wildman–Crippen LogP) is -1.07. The van der Waals surface area contributed by atoms with Crippen LogP contribution in [0.3, 0.4) is 0 Å². The molecule has 3 heterocycles. The maximum atomic E-state index is 12.2. The number of carbonyl (C=O) groups is 1. The lowest BCUT2D eigenvalue weighted by molar-refractivity contribution is -0.0323. The summed E-state index contributed by atoms with van der Waals surface area (Å²) < 4.78 is 31.2. The Bertz CT molecular complexity index is 1480. The van der Waals surface area contributed by atoms with Gasteiger partial charge < -0.3 is 20.5 Å². The highest BCUT2D eigenvalue weighted by Crippen LogP contribution is 2.35. The Morgan fingerprint density at radius 3 is 2.67 bits per heavy atom. The number of aliphatic hydroxyl groups is 1. The first kappa shape index (κ1) is 25.2. The zero-order chi connectivity index (χ0) is 26.0. The number of sulfonamides is 1. The number of aryl methyl sites for hydroxylation is 1. The highest BCUT2D eigenvalue weighted by molar-refractivity contribution is 7.89. The number of hydrogen-bond acceptors (Lipinski definition) is 9. The number of aromatic nitrogens is 5. The van der Waals surface area contributed by atoms with E-state index >= 15 is 0 Å². The van der Waals surface area contributed by atoms with Gasteiger partial charge >= 0.3 is 11.7 Å². The standard InChI is InChI=1S/C20H24N8O7S/c1-11-8-27(20(32)24-18(11)30)17-6-15(16(10-29)35-17)28-9-13(25-26-28)7-22-19(31)23-12-2-4-14(5-3-12)36(21,33)34/h2-5,8-9,15-17,29H,6-7,10H2,1H3,(H2,21,33,34)(H2,22,23,31)(H,24,30,32)/t15-,16+,17+/m0/s1. The summed E-state index contributed by atoms with van der Waals surface area (Å²) in [6, 6.07) is 4.33. The Balaban J connectivity index is 1.38. The normalized spacial score (nSPS) is 19.8. The van der Waals surface area contributed by atoms with Gasteiger partial charge in [0.2, 0.25) is 10.0 Å². The first-order valence-corrected chi connectivity index (χ1v) is 12.3. The van der Waals surface area contributed by atoms with Crippen LogP contribution in [0.4, 0.5) is 10.5 Å². The van der Waals surface area contributed by atoms with Crippen LogP contribution in [0.5, 0.6) is 0 Å². The second-order valence-electron chi connectivity index (χ2n) is 8.16. The smallest absolute Gasteiger partial charge is 0.330 e. The number of aromatic amines is 1. The second-order valence-corrected chi connectivity index (χ2v) is 9.72. The summed E-state index contributed by atoms with van der Waals surface area (Å²) in [7, 11) is -3.83. The molecule has 4 rings (SSSR count). The van der Waals surface area contributed by atoms with Gasteiger partial charge in [0, 0.05) is 23.9 Å². The third-order valence-corrected chi connectivity index (χ3v) is 6.54. The minimum atomic E-state index is -3.83. The molecule has 15 nitrogen and oxygen atoms in total. The average Bonchev–Trinajstić information content (AvgIpc) is 3.47. The number of rotatable bonds is 7. The number of primary sulfonamides is 1. The Labute approximate surface area is 203 Å². The van der Waals surface area contributed by atoms with Crippen molar-refractivity contribution in [2.24, 2.45) is 5.14 Å². The highest BCUT2D eigenvalue weighted by Gasteiger charge is 2.38. The maximum absolute atomic E-state index is 12.2. The molecule has 2 aromatic heterocycles. The van der Waals surface area contributed by atoms with Crippen LogP contribution in [0.15, 0.2) is 51.1 Å². The van der Waals surface area contributed by atoms with E-state index in [0.717, 1.165) is 0 Å². The number of nitrogens with one attached hydrogen (secondary N) is 3. The van der Waals surface area contributed by atoms with Crippen LogP contribution >= 0.6 is 0 Å². The molecule has 1 aliphatic heterocycles. The molecule has 192 valence electrons. The van der Waals surface area contributed by atoms with Crippen LogP contribution in [-0.4, -0.2) is 56.8 Å². The number of nitrogens with two attached hydrogens (primary N) is 1. The molecule has 1 aliphatic rings. The Kier molecular flexibility index (Phi) is 7.02. The summed E-state index contributed by atoms with van der Waals surface area (Å²) in [5.41, 5.74) is 0.0160. The SMILES string of the molecule is Cc1cn([C@H]2C[C@H](n3cc(CNC(=O)Nc4ccc(S(N)(=O)=O)cc4)nn3)[C@@H](CO)O2)c(=O)[nH]c1=O. The van der Waals surface area contributed by atoms with E-state index in [1.54, 1.807) is 13.1 Å². The molecule has 1 aromatic carbocycles. The lowest BCUT2D eigenvalue weighted by Gasteiger charge is -2.15. The molecule has 0 unspecified atom stereocenters. The molecule has 16 heteroatoms. The number of benzene rings is 1. The van der Waals surface area contributed by atoms with Gasteiger partial charge in [0.05, 0.1) is 30.3 Å². The Morgan fingerprint density at radius 1 is 1.28 bits per heavy atom. The van der Waals surface area contributed by atoms with Gasteiger partial charge in [0.15, 0.2) is 0 Å². The van der Waals surface area contributed by atoms with Crippen molar-refractivity contribution in [2.45, 2.75) is 43.2 Å². The minimum Gasteiger partial charge on any atom is -0.394 e. The van der Waals surface area contributed by atoms with Gasteiger partial charge in [-0.25, -0.2) is 27.8 Å². The number of H-pyrrole nitrogens is 1. The fourth-order valence-corrected chi connectivity index (χ4v) is 4.27. The van der Waals surface area contributed by atoms with E-state index in [9.17, 15) is 27.9 Å². The molecule has 3 atom stereocenters. The van der Waals surface area contributed by atoms with Crippen LogP contribution in [0.25, 0.3) is 0 Å². The molecule has 1 fully saturated rings. The molecular formula is C20H24N8O7S. The largest absolute Gasteiger partial charge is 0.394 e. The quantitative estimate of drug-likeness (QED) is 0.256. The third-order valence-electron chi connectivity index (χ3n) is 5.61. The first-order chi connectivity index (χ1) is 17.0. The van der Waals surface area contributed by atoms with Crippen molar-refractivity contribution in [3.8, 4) is 0 Å². The Morgan fingerprint density at radius 2 is 2.00 bits per heavy atom. The van der Waals surface area contributed by atoms with Gasteiger partial charge in [0.25, 0.3) is 5.56 Å². The molecule has 36 heavy (non-hydrogen) atoms. The minimum absolute atomic E-state index is 0.0282. The van der Waals surface area contributed by atoms with Crippen molar-refractivity contribution < 1.29 is 23.1 Å². The van der Waals surface area contributed by atoms with E-state index in [1.165, 1.54) is 39.7 Å². The summed E-state index contributed by atoms with van der Waals surface area (Å²) in [4.78, 5) is 38.2.